The van der Waals surface area contributed by atoms with Gasteiger partial charge in [-0.05, 0) is 22.4 Å². The molecule has 0 aliphatic carbocycles. The number of ketones is 1. The largest absolute Gasteiger partial charge is 0.379 e. The predicted molar refractivity (Wildman–Crippen MR) is 126 cm³/mol. The maximum atomic E-state index is 14.2. The number of Topliss-reactive ketones (excluding diaryl/α,β-unsaturated/α-hetero) is 1. The number of benzene rings is 3. The maximum Gasteiger partial charge on any atom is 0.181 e. The first kappa shape index (κ1) is 21.3. The normalized spacial score (nSPS) is 20.1. The summed E-state index contributed by atoms with van der Waals surface area (Å²) in [4.78, 5) is 19.0. The van der Waals surface area contributed by atoms with Crippen molar-refractivity contribution >= 4 is 16.6 Å². The maximum absolute atomic E-state index is 14.2. The second-order valence-electron chi connectivity index (χ2n) is 8.52. The summed E-state index contributed by atoms with van der Waals surface area (Å²) in [6.45, 7) is 5.89. The molecule has 5 nitrogen and oxygen atoms in total. The number of nitrogens with zero attached hydrogens (tertiary/aromatic N) is 2. The van der Waals surface area contributed by atoms with Crippen molar-refractivity contribution in [2.45, 2.75) is 12.1 Å². The molecule has 0 bridgehead atoms. The molecule has 5 rings (SSSR count). The fourth-order valence-corrected chi connectivity index (χ4v) is 4.98. The van der Waals surface area contributed by atoms with Crippen molar-refractivity contribution in [3.05, 3.63) is 83.9 Å². The second kappa shape index (κ2) is 9.92. The van der Waals surface area contributed by atoms with Gasteiger partial charge < -0.3 is 9.47 Å². The van der Waals surface area contributed by atoms with Crippen molar-refractivity contribution in [2.24, 2.45) is 0 Å². The topological polar surface area (TPSA) is 42.0 Å². The first-order valence-electron chi connectivity index (χ1n) is 11.5. The van der Waals surface area contributed by atoms with E-state index in [2.05, 4.69) is 52.3 Å². The highest BCUT2D eigenvalue weighted by atomic mass is 16.5. The number of carbonyl (C=O) groups is 1. The van der Waals surface area contributed by atoms with Gasteiger partial charge in [0.25, 0.3) is 0 Å². The van der Waals surface area contributed by atoms with Gasteiger partial charge in [-0.1, -0.05) is 66.7 Å². The van der Waals surface area contributed by atoms with Crippen LogP contribution in [-0.2, 0) is 9.47 Å². The standard InChI is InChI=1S/C27H30N2O3/c30-27(24-11-10-21-6-4-5-9-23(21)20-24)26(29-14-18-32-19-15-29)25(22-7-2-1-3-8-22)28-12-16-31-17-13-28/h1-11,20,25-26H,12-19H2/t25-,26-/m1/s1. The van der Waals surface area contributed by atoms with Crippen LogP contribution in [0, 0.1) is 0 Å². The van der Waals surface area contributed by atoms with E-state index in [1.807, 2.05) is 30.3 Å². The van der Waals surface area contributed by atoms with Crippen LogP contribution in [0.25, 0.3) is 10.8 Å². The van der Waals surface area contributed by atoms with E-state index in [0.29, 0.717) is 26.4 Å². The Morgan fingerprint density at radius 2 is 1.28 bits per heavy atom. The Morgan fingerprint density at radius 1 is 0.688 bits per heavy atom. The average Bonchev–Trinajstić information content (AvgIpc) is 2.88. The highest BCUT2D eigenvalue weighted by Gasteiger charge is 2.39. The van der Waals surface area contributed by atoms with Crippen LogP contribution in [0.4, 0.5) is 0 Å². The molecule has 0 N–H and O–H groups in total. The molecule has 0 spiro atoms. The van der Waals surface area contributed by atoms with Gasteiger partial charge >= 0.3 is 0 Å². The molecule has 0 saturated carbocycles. The van der Waals surface area contributed by atoms with Crippen molar-refractivity contribution in [1.29, 1.82) is 0 Å². The van der Waals surface area contributed by atoms with E-state index in [-0.39, 0.29) is 17.9 Å². The monoisotopic (exact) mass is 430 g/mol. The molecular weight excluding hydrogens is 400 g/mol. The Bertz CT molecular complexity index is 1040. The van der Waals surface area contributed by atoms with E-state index >= 15 is 0 Å². The number of carbonyl (C=O) groups excluding carboxylic acids is 1. The molecule has 3 aromatic carbocycles. The van der Waals surface area contributed by atoms with Gasteiger partial charge in [0, 0.05) is 31.7 Å². The number of rotatable bonds is 6. The van der Waals surface area contributed by atoms with Crippen molar-refractivity contribution in [2.75, 3.05) is 52.6 Å². The molecule has 32 heavy (non-hydrogen) atoms. The zero-order valence-corrected chi connectivity index (χ0v) is 18.4. The fourth-order valence-electron chi connectivity index (χ4n) is 4.98. The summed E-state index contributed by atoms with van der Waals surface area (Å²) in [7, 11) is 0. The Hall–Kier alpha value is -2.57. The molecule has 3 aromatic rings. The van der Waals surface area contributed by atoms with Crippen molar-refractivity contribution < 1.29 is 14.3 Å². The van der Waals surface area contributed by atoms with Crippen LogP contribution < -0.4 is 0 Å². The van der Waals surface area contributed by atoms with Gasteiger partial charge in [0.15, 0.2) is 5.78 Å². The summed E-state index contributed by atoms with van der Waals surface area (Å²) < 4.78 is 11.3. The van der Waals surface area contributed by atoms with Crippen molar-refractivity contribution in [3.63, 3.8) is 0 Å². The van der Waals surface area contributed by atoms with Gasteiger partial charge in [-0.15, -0.1) is 0 Å². The van der Waals surface area contributed by atoms with E-state index < -0.39 is 0 Å². The van der Waals surface area contributed by atoms with Crippen molar-refractivity contribution in [1.82, 2.24) is 9.80 Å². The summed E-state index contributed by atoms with van der Waals surface area (Å²) >= 11 is 0. The molecule has 166 valence electrons. The zero-order valence-electron chi connectivity index (χ0n) is 18.4. The number of morpholine rings is 2. The Balaban J connectivity index is 1.57. The summed E-state index contributed by atoms with van der Waals surface area (Å²) in [5.74, 6) is 0.179. The first-order chi connectivity index (χ1) is 15.8. The molecule has 2 aliphatic heterocycles. The van der Waals surface area contributed by atoms with Crippen LogP contribution in [0.2, 0.25) is 0 Å². The second-order valence-corrected chi connectivity index (χ2v) is 8.52. The van der Waals surface area contributed by atoms with Gasteiger partial charge in [0.1, 0.15) is 0 Å². The third-order valence-corrected chi connectivity index (χ3v) is 6.62. The number of hydrogen-bond acceptors (Lipinski definition) is 5. The summed E-state index contributed by atoms with van der Waals surface area (Å²) in [6.07, 6.45) is 0. The minimum absolute atomic E-state index is 0.0304. The molecule has 0 amide bonds. The zero-order chi connectivity index (χ0) is 21.8. The highest BCUT2D eigenvalue weighted by Crippen LogP contribution is 2.32. The van der Waals surface area contributed by atoms with E-state index in [1.165, 1.54) is 5.56 Å². The van der Waals surface area contributed by atoms with Crippen LogP contribution >= 0.6 is 0 Å². The van der Waals surface area contributed by atoms with Gasteiger partial charge in [0.2, 0.25) is 0 Å². The molecule has 2 saturated heterocycles. The van der Waals surface area contributed by atoms with Crippen LogP contribution in [0.5, 0.6) is 0 Å². The molecule has 0 unspecified atom stereocenters. The first-order valence-corrected chi connectivity index (χ1v) is 11.5. The average molecular weight is 431 g/mol. The minimum Gasteiger partial charge on any atom is -0.379 e. The number of fused-ring (bicyclic) bond motifs is 1. The summed E-state index contributed by atoms with van der Waals surface area (Å²) in [6, 6.07) is 24.5. The van der Waals surface area contributed by atoms with Crippen LogP contribution in [0.3, 0.4) is 0 Å². The molecule has 0 aromatic heterocycles. The lowest BCUT2D eigenvalue weighted by Crippen LogP contribution is -2.55. The molecule has 2 heterocycles. The van der Waals surface area contributed by atoms with Crippen LogP contribution in [-0.4, -0.2) is 74.2 Å². The molecule has 5 heteroatoms. The fraction of sp³-hybridized carbons (Fsp3) is 0.370. The smallest absolute Gasteiger partial charge is 0.181 e. The van der Waals surface area contributed by atoms with Gasteiger partial charge in [-0.25, -0.2) is 0 Å². The van der Waals surface area contributed by atoms with E-state index in [0.717, 1.165) is 42.5 Å². The lowest BCUT2D eigenvalue weighted by Gasteiger charge is -2.44. The van der Waals surface area contributed by atoms with Gasteiger partial charge in [-0.3, -0.25) is 14.6 Å². The van der Waals surface area contributed by atoms with Crippen molar-refractivity contribution in [3.8, 4) is 0 Å². The Morgan fingerprint density at radius 3 is 1.97 bits per heavy atom. The third kappa shape index (κ3) is 4.48. The SMILES string of the molecule is O=C(c1ccc2ccccc2c1)[C@@H]([C@@H](c1ccccc1)N1CCOCC1)N1CCOCC1. The van der Waals surface area contributed by atoms with Gasteiger partial charge in [-0.2, -0.15) is 0 Å². The number of hydrogen-bond donors (Lipinski definition) is 0. The van der Waals surface area contributed by atoms with Gasteiger partial charge in [0.05, 0.1) is 38.5 Å². The summed E-state index contributed by atoms with van der Waals surface area (Å²) in [5.41, 5.74) is 1.95. The molecular formula is C27H30N2O3. The molecule has 0 radical (unpaired) electrons. The number of ether oxygens (including phenoxy) is 2. The Kier molecular flexibility index (Phi) is 6.60. The van der Waals surface area contributed by atoms with E-state index in [4.69, 9.17) is 9.47 Å². The molecule has 2 fully saturated rings. The molecule has 2 atom stereocenters. The highest BCUT2D eigenvalue weighted by molar-refractivity contribution is 6.03. The van der Waals surface area contributed by atoms with E-state index in [1.54, 1.807) is 0 Å². The predicted octanol–water partition coefficient (Wildman–Crippen LogP) is 3.80. The quantitative estimate of drug-likeness (QED) is 0.557. The minimum atomic E-state index is -0.277. The Labute approximate surface area is 189 Å². The van der Waals surface area contributed by atoms with E-state index in [9.17, 15) is 4.79 Å². The third-order valence-electron chi connectivity index (χ3n) is 6.62. The summed E-state index contributed by atoms with van der Waals surface area (Å²) in [5, 5.41) is 2.25. The lowest BCUT2D eigenvalue weighted by atomic mass is 9.89. The lowest BCUT2D eigenvalue weighted by molar-refractivity contribution is -0.0301. The van der Waals surface area contributed by atoms with Crippen LogP contribution in [0.1, 0.15) is 22.0 Å². The van der Waals surface area contributed by atoms with Crippen LogP contribution in [0.15, 0.2) is 72.8 Å². The molecule has 2 aliphatic rings.